The van der Waals surface area contributed by atoms with Crippen molar-refractivity contribution in [1.82, 2.24) is 15.0 Å². The van der Waals surface area contributed by atoms with Gasteiger partial charge in [0, 0.05) is 16.5 Å². The fourth-order valence-corrected chi connectivity index (χ4v) is 5.32. The number of benzene rings is 1. The van der Waals surface area contributed by atoms with Crippen molar-refractivity contribution in [3.63, 3.8) is 0 Å². The largest absolute Gasteiger partial charge is 0.454 e. The summed E-state index contributed by atoms with van der Waals surface area (Å²) in [6, 6.07) is 7.19. The summed E-state index contributed by atoms with van der Waals surface area (Å²) in [7, 11) is 0. The van der Waals surface area contributed by atoms with Gasteiger partial charge in [-0.2, -0.15) is 5.10 Å². The average molecular weight is 450 g/mol. The van der Waals surface area contributed by atoms with Crippen molar-refractivity contribution in [2.45, 2.75) is 46.6 Å². The minimum Gasteiger partial charge on any atom is -0.454 e. The lowest BCUT2D eigenvalue weighted by Crippen LogP contribution is -2.35. The molecule has 0 radical (unpaired) electrons. The Balaban J connectivity index is 1.20. The third kappa shape index (κ3) is 3.34. The van der Waals surface area contributed by atoms with Crippen LogP contribution < -0.4 is 11.0 Å². The number of aromatic nitrogens is 2. The van der Waals surface area contributed by atoms with E-state index in [0.29, 0.717) is 17.0 Å². The highest BCUT2D eigenvalue weighted by Crippen LogP contribution is 2.63. The van der Waals surface area contributed by atoms with E-state index in [2.05, 4.69) is 36.3 Å². The molecule has 9 heteroatoms. The van der Waals surface area contributed by atoms with Crippen molar-refractivity contribution in [3.8, 4) is 0 Å². The van der Waals surface area contributed by atoms with Crippen molar-refractivity contribution in [2.24, 2.45) is 21.8 Å². The van der Waals surface area contributed by atoms with Gasteiger partial charge in [-0.15, -0.1) is 0 Å². The Morgan fingerprint density at radius 3 is 2.82 bits per heavy atom. The number of nitrogens with zero attached hydrogens (tertiary/aromatic N) is 3. The normalized spacial score (nSPS) is 24.6. The standard InChI is InChI=1S/C24H26N4O5/c1-23(2)14-8-9-24(23,3)17(10-14)26-27-18(29)12-32-19(30)11-28-13-25-20-15-6-4-5-7-16(15)33-21(20)22(28)31/h4-7,13-14H,8-12H2,1-3H3,(H,27,29)/b26-17-. The van der Waals surface area contributed by atoms with Gasteiger partial charge in [0.2, 0.25) is 5.58 Å². The number of hydrazone groups is 1. The van der Waals surface area contributed by atoms with Gasteiger partial charge in [0.25, 0.3) is 11.5 Å². The van der Waals surface area contributed by atoms with Gasteiger partial charge in [-0.3, -0.25) is 19.0 Å². The molecule has 2 bridgehead atoms. The van der Waals surface area contributed by atoms with Crippen LogP contribution in [-0.2, 0) is 20.9 Å². The lowest BCUT2D eigenvalue weighted by molar-refractivity contribution is -0.149. The number of furan rings is 1. The van der Waals surface area contributed by atoms with E-state index in [1.807, 2.05) is 12.1 Å². The number of amides is 1. The first-order valence-corrected chi connectivity index (χ1v) is 11.1. The summed E-state index contributed by atoms with van der Waals surface area (Å²) in [5.41, 5.74) is 4.22. The molecule has 33 heavy (non-hydrogen) atoms. The van der Waals surface area contributed by atoms with Crippen molar-refractivity contribution < 1.29 is 18.7 Å². The van der Waals surface area contributed by atoms with E-state index in [1.54, 1.807) is 12.1 Å². The van der Waals surface area contributed by atoms with Crippen LogP contribution >= 0.6 is 0 Å². The van der Waals surface area contributed by atoms with Crippen LogP contribution in [-0.4, -0.2) is 33.7 Å². The summed E-state index contributed by atoms with van der Waals surface area (Å²) < 4.78 is 11.7. The lowest BCUT2D eigenvalue weighted by atomic mass is 9.70. The second kappa shape index (κ2) is 7.54. The molecule has 2 atom stereocenters. The number of rotatable bonds is 5. The molecule has 2 fully saturated rings. The lowest BCUT2D eigenvalue weighted by Gasteiger charge is -2.34. The zero-order valence-corrected chi connectivity index (χ0v) is 18.9. The van der Waals surface area contributed by atoms with E-state index in [0.717, 1.165) is 28.5 Å². The molecule has 0 spiro atoms. The maximum Gasteiger partial charge on any atom is 0.326 e. The van der Waals surface area contributed by atoms with E-state index in [1.165, 1.54) is 12.7 Å². The molecular formula is C24H26N4O5. The molecule has 3 aromatic rings. The van der Waals surface area contributed by atoms with Gasteiger partial charge < -0.3 is 9.15 Å². The molecule has 5 rings (SSSR count). The van der Waals surface area contributed by atoms with Gasteiger partial charge in [0.05, 0.1) is 6.33 Å². The zero-order chi connectivity index (χ0) is 23.4. The summed E-state index contributed by atoms with van der Waals surface area (Å²) in [6.45, 7) is 5.87. The van der Waals surface area contributed by atoms with E-state index < -0.39 is 24.0 Å². The Morgan fingerprint density at radius 2 is 2.09 bits per heavy atom. The van der Waals surface area contributed by atoms with Gasteiger partial charge in [-0.25, -0.2) is 10.4 Å². The highest BCUT2D eigenvalue weighted by atomic mass is 16.5. The zero-order valence-electron chi connectivity index (χ0n) is 18.9. The van der Waals surface area contributed by atoms with Crippen LogP contribution in [0.3, 0.4) is 0 Å². The number of carbonyl (C=O) groups is 2. The van der Waals surface area contributed by atoms with Gasteiger partial charge in [-0.05, 0) is 42.7 Å². The summed E-state index contributed by atoms with van der Waals surface area (Å²) >= 11 is 0. The first-order valence-electron chi connectivity index (χ1n) is 11.1. The van der Waals surface area contributed by atoms with Gasteiger partial charge >= 0.3 is 5.97 Å². The minimum atomic E-state index is -0.731. The van der Waals surface area contributed by atoms with Crippen LogP contribution in [0.1, 0.15) is 40.0 Å². The number of hydrogen-bond acceptors (Lipinski definition) is 7. The van der Waals surface area contributed by atoms with Crippen LogP contribution in [0, 0.1) is 16.7 Å². The molecule has 9 nitrogen and oxygen atoms in total. The highest BCUT2D eigenvalue weighted by Gasteiger charge is 2.60. The molecule has 2 unspecified atom stereocenters. The van der Waals surface area contributed by atoms with Crippen LogP contribution in [0.2, 0.25) is 0 Å². The molecule has 2 saturated carbocycles. The summed E-state index contributed by atoms with van der Waals surface area (Å²) in [5, 5.41) is 5.08. The molecule has 1 N–H and O–H groups in total. The minimum absolute atomic E-state index is 0.0227. The summed E-state index contributed by atoms with van der Waals surface area (Å²) in [5.74, 6) is -0.671. The Bertz CT molecular complexity index is 1370. The van der Waals surface area contributed by atoms with Crippen molar-refractivity contribution in [1.29, 1.82) is 0 Å². The molecule has 2 heterocycles. The van der Waals surface area contributed by atoms with Crippen LogP contribution in [0.4, 0.5) is 0 Å². The molecule has 172 valence electrons. The highest BCUT2D eigenvalue weighted by molar-refractivity contribution is 6.01. The van der Waals surface area contributed by atoms with E-state index in [4.69, 9.17) is 9.15 Å². The predicted molar refractivity (Wildman–Crippen MR) is 122 cm³/mol. The molecule has 1 amide bonds. The fourth-order valence-electron chi connectivity index (χ4n) is 5.32. The number of para-hydroxylation sites is 1. The smallest absolute Gasteiger partial charge is 0.326 e. The fraction of sp³-hybridized carbons (Fsp3) is 0.458. The molecule has 2 aliphatic rings. The van der Waals surface area contributed by atoms with E-state index >= 15 is 0 Å². The second-order valence-corrected chi connectivity index (χ2v) is 9.70. The number of ether oxygens (including phenoxy) is 1. The molecule has 2 aromatic heterocycles. The van der Waals surface area contributed by atoms with Crippen molar-refractivity contribution in [3.05, 3.63) is 40.9 Å². The van der Waals surface area contributed by atoms with E-state index in [-0.39, 0.29) is 23.0 Å². The molecular weight excluding hydrogens is 424 g/mol. The van der Waals surface area contributed by atoms with Gasteiger partial charge in [0.1, 0.15) is 17.6 Å². The average Bonchev–Trinajstić information content (AvgIpc) is 3.34. The maximum absolute atomic E-state index is 12.7. The SMILES string of the molecule is CC12CCC(C/C1=N/NC(=O)COC(=O)Cn1cnc3c(oc4ccccc43)c1=O)C2(C)C. The van der Waals surface area contributed by atoms with E-state index in [9.17, 15) is 14.4 Å². The van der Waals surface area contributed by atoms with Crippen LogP contribution in [0.15, 0.2) is 44.9 Å². The number of fused-ring (bicyclic) bond motifs is 5. The summed E-state index contributed by atoms with van der Waals surface area (Å²) in [6.07, 6.45) is 4.40. The quantitative estimate of drug-likeness (QED) is 0.472. The molecule has 1 aromatic carbocycles. The predicted octanol–water partition coefficient (Wildman–Crippen LogP) is 3.00. The van der Waals surface area contributed by atoms with Crippen molar-refractivity contribution >= 4 is 39.7 Å². The first-order chi connectivity index (χ1) is 15.7. The molecule has 0 aliphatic heterocycles. The van der Waals surface area contributed by atoms with Gasteiger partial charge in [-0.1, -0.05) is 32.9 Å². The Kier molecular flexibility index (Phi) is 4.88. The Hall–Kier alpha value is -3.49. The summed E-state index contributed by atoms with van der Waals surface area (Å²) in [4.78, 5) is 41.3. The van der Waals surface area contributed by atoms with Crippen LogP contribution in [0.5, 0.6) is 0 Å². The Morgan fingerprint density at radius 1 is 1.30 bits per heavy atom. The third-order valence-electron chi connectivity index (χ3n) is 7.84. The molecule has 2 aliphatic carbocycles. The second-order valence-electron chi connectivity index (χ2n) is 9.70. The monoisotopic (exact) mass is 450 g/mol. The first kappa shape index (κ1) is 21.4. The number of carbonyl (C=O) groups excluding carboxylic acids is 2. The maximum atomic E-state index is 12.7. The van der Waals surface area contributed by atoms with Crippen molar-refractivity contribution in [2.75, 3.05) is 6.61 Å². The number of nitrogens with one attached hydrogen (secondary N) is 1. The number of hydrogen-bond donors (Lipinski definition) is 1. The molecule has 0 saturated heterocycles. The Labute approximate surface area is 189 Å². The number of esters is 1. The van der Waals surface area contributed by atoms with Crippen LogP contribution in [0.25, 0.3) is 22.1 Å². The van der Waals surface area contributed by atoms with Gasteiger partial charge in [0.15, 0.2) is 6.61 Å². The third-order valence-corrected chi connectivity index (χ3v) is 7.84. The topological polar surface area (TPSA) is 116 Å².